The minimum absolute atomic E-state index is 0.0783. The van der Waals surface area contributed by atoms with Crippen molar-refractivity contribution >= 4 is 21.9 Å². The minimum Gasteiger partial charge on any atom is -0.477 e. The molecular formula is C12H8BrFN2O3. The molecular weight excluding hydrogens is 319 g/mol. The zero-order valence-electron chi connectivity index (χ0n) is 9.70. The van der Waals surface area contributed by atoms with Crippen LogP contribution in [0.1, 0.15) is 16.1 Å². The van der Waals surface area contributed by atoms with Gasteiger partial charge < -0.3 is 10.1 Å². The molecule has 2 rings (SSSR count). The van der Waals surface area contributed by atoms with E-state index in [0.29, 0.717) is 5.56 Å². The maximum atomic E-state index is 13.4. The number of H-pyrrole nitrogens is 1. The lowest BCUT2D eigenvalue weighted by Gasteiger charge is -2.05. The molecule has 0 fully saturated rings. The van der Waals surface area contributed by atoms with Crippen molar-refractivity contribution in [3.05, 3.63) is 50.1 Å². The molecule has 2 N–H and O–H groups in total. The van der Waals surface area contributed by atoms with Crippen LogP contribution in [0.15, 0.2) is 27.5 Å². The lowest BCUT2D eigenvalue weighted by atomic mass is 10.2. The highest BCUT2D eigenvalue weighted by atomic mass is 79.9. The van der Waals surface area contributed by atoms with Gasteiger partial charge in [0.2, 0.25) is 0 Å². The van der Waals surface area contributed by atoms with Crippen LogP contribution in [0.25, 0.3) is 11.4 Å². The van der Waals surface area contributed by atoms with Crippen molar-refractivity contribution in [3.63, 3.8) is 0 Å². The summed E-state index contributed by atoms with van der Waals surface area (Å²) in [5.74, 6) is -1.72. The molecule has 0 saturated heterocycles. The van der Waals surface area contributed by atoms with E-state index in [-0.39, 0.29) is 16.0 Å². The van der Waals surface area contributed by atoms with E-state index in [1.165, 1.54) is 19.1 Å². The molecule has 0 atom stereocenters. The van der Waals surface area contributed by atoms with E-state index >= 15 is 0 Å². The van der Waals surface area contributed by atoms with Crippen LogP contribution in [0.2, 0.25) is 0 Å². The van der Waals surface area contributed by atoms with Gasteiger partial charge >= 0.3 is 5.97 Å². The third-order valence-electron chi connectivity index (χ3n) is 2.51. The van der Waals surface area contributed by atoms with Gasteiger partial charge in [-0.3, -0.25) is 4.79 Å². The minimum atomic E-state index is -1.35. The third-order valence-corrected chi connectivity index (χ3v) is 3.15. The standard InChI is InChI=1S/C12H8BrFN2O3/c1-5-9(12(18)19)11(17)16-10(15-5)6-2-3-7(13)8(14)4-6/h2-4H,1H3,(H,18,19)(H,15,16,17). The Balaban J connectivity index is 2.61. The number of hydrogen-bond donors (Lipinski definition) is 2. The number of benzene rings is 1. The van der Waals surface area contributed by atoms with Crippen LogP contribution in [0.5, 0.6) is 0 Å². The summed E-state index contributed by atoms with van der Waals surface area (Å²) in [4.78, 5) is 28.8. The smallest absolute Gasteiger partial charge is 0.343 e. The Bertz CT molecular complexity index is 727. The number of aryl methyl sites for hydroxylation is 1. The van der Waals surface area contributed by atoms with E-state index in [9.17, 15) is 14.0 Å². The summed E-state index contributed by atoms with van der Waals surface area (Å²) in [5.41, 5.74) is -0.743. The summed E-state index contributed by atoms with van der Waals surface area (Å²) in [7, 11) is 0. The molecule has 7 heteroatoms. The topological polar surface area (TPSA) is 83.0 Å². The first-order valence-electron chi connectivity index (χ1n) is 5.20. The second-order valence-corrected chi connectivity index (χ2v) is 4.66. The van der Waals surface area contributed by atoms with E-state index in [4.69, 9.17) is 5.11 Å². The van der Waals surface area contributed by atoms with Gasteiger partial charge in [0.1, 0.15) is 17.2 Å². The van der Waals surface area contributed by atoms with Crippen LogP contribution < -0.4 is 5.56 Å². The molecule has 19 heavy (non-hydrogen) atoms. The Kier molecular flexibility index (Phi) is 3.48. The van der Waals surface area contributed by atoms with Crippen LogP contribution >= 0.6 is 15.9 Å². The molecule has 2 aromatic rings. The number of carboxylic acids is 1. The summed E-state index contributed by atoms with van der Waals surface area (Å²) in [6, 6.07) is 4.23. The van der Waals surface area contributed by atoms with E-state index in [1.54, 1.807) is 6.07 Å². The molecule has 1 aromatic heterocycles. The molecule has 0 aliphatic rings. The van der Waals surface area contributed by atoms with Crippen molar-refractivity contribution in [2.75, 3.05) is 0 Å². The predicted molar refractivity (Wildman–Crippen MR) is 69.6 cm³/mol. The van der Waals surface area contributed by atoms with Crippen molar-refractivity contribution in [2.45, 2.75) is 6.92 Å². The molecule has 0 spiro atoms. The van der Waals surface area contributed by atoms with Crippen molar-refractivity contribution in [1.29, 1.82) is 0 Å². The first-order chi connectivity index (χ1) is 8.90. The molecule has 0 amide bonds. The average Bonchev–Trinajstić information content (AvgIpc) is 2.31. The quantitative estimate of drug-likeness (QED) is 0.887. The molecule has 5 nitrogen and oxygen atoms in total. The molecule has 1 aromatic carbocycles. The van der Waals surface area contributed by atoms with Gasteiger partial charge in [-0.1, -0.05) is 0 Å². The first kappa shape index (κ1) is 13.4. The van der Waals surface area contributed by atoms with E-state index < -0.39 is 22.9 Å². The number of carboxylic acid groups (broad SMARTS) is 1. The zero-order valence-corrected chi connectivity index (χ0v) is 11.3. The fraction of sp³-hybridized carbons (Fsp3) is 0.0833. The number of aromatic amines is 1. The normalized spacial score (nSPS) is 10.5. The molecule has 1 heterocycles. The second-order valence-electron chi connectivity index (χ2n) is 3.81. The largest absolute Gasteiger partial charge is 0.477 e. The van der Waals surface area contributed by atoms with Gasteiger partial charge in [0.15, 0.2) is 0 Å². The number of hydrogen-bond acceptors (Lipinski definition) is 3. The summed E-state index contributed by atoms with van der Waals surface area (Å²) in [6.07, 6.45) is 0. The number of nitrogens with one attached hydrogen (secondary N) is 1. The highest BCUT2D eigenvalue weighted by Crippen LogP contribution is 2.21. The van der Waals surface area contributed by atoms with Crippen LogP contribution in [-0.4, -0.2) is 21.0 Å². The summed E-state index contributed by atoms with van der Waals surface area (Å²) in [6.45, 7) is 1.41. The molecule has 0 aliphatic carbocycles. The SMILES string of the molecule is Cc1nc(-c2ccc(Br)c(F)c2)[nH]c(=O)c1C(=O)O. The van der Waals surface area contributed by atoms with Crippen molar-refractivity contribution < 1.29 is 14.3 Å². The van der Waals surface area contributed by atoms with Gasteiger partial charge in [0.05, 0.1) is 10.2 Å². The lowest BCUT2D eigenvalue weighted by Crippen LogP contribution is -2.21. The first-order valence-corrected chi connectivity index (χ1v) is 5.99. The Morgan fingerprint density at radius 1 is 1.47 bits per heavy atom. The highest BCUT2D eigenvalue weighted by molar-refractivity contribution is 9.10. The Labute approximate surface area is 115 Å². The number of rotatable bonds is 2. The molecule has 0 aliphatic heterocycles. The number of aromatic nitrogens is 2. The summed E-state index contributed by atoms with van der Waals surface area (Å²) >= 11 is 3.02. The molecule has 0 bridgehead atoms. The van der Waals surface area contributed by atoms with E-state index in [0.717, 1.165) is 0 Å². The number of halogens is 2. The van der Waals surface area contributed by atoms with Crippen molar-refractivity contribution in [2.24, 2.45) is 0 Å². The van der Waals surface area contributed by atoms with Crippen LogP contribution in [0.3, 0.4) is 0 Å². The summed E-state index contributed by atoms with van der Waals surface area (Å²) < 4.78 is 13.7. The number of nitrogens with zero attached hydrogens (tertiary/aromatic N) is 1. The van der Waals surface area contributed by atoms with Gasteiger partial charge in [-0.15, -0.1) is 0 Å². The highest BCUT2D eigenvalue weighted by Gasteiger charge is 2.16. The van der Waals surface area contributed by atoms with Crippen molar-refractivity contribution in [3.8, 4) is 11.4 Å². The average molecular weight is 327 g/mol. The van der Waals surface area contributed by atoms with E-state index in [1.807, 2.05) is 0 Å². The molecule has 0 radical (unpaired) electrons. The van der Waals surface area contributed by atoms with Crippen LogP contribution in [-0.2, 0) is 0 Å². The fourth-order valence-electron chi connectivity index (χ4n) is 1.62. The van der Waals surface area contributed by atoms with Crippen LogP contribution in [0, 0.1) is 12.7 Å². The fourth-order valence-corrected chi connectivity index (χ4v) is 1.86. The number of aromatic carboxylic acids is 1. The molecule has 0 saturated carbocycles. The van der Waals surface area contributed by atoms with Crippen LogP contribution in [0.4, 0.5) is 4.39 Å². The van der Waals surface area contributed by atoms with Gasteiger partial charge in [0, 0.05) is 5.56 Å². The number of carbonyl (C=O) groups is 1. The maximum absolute atomic E-state index is 13.4. The Morgan fingerprint density at radius 3 is 2.68 bits per heavy atom. The van der Waals surface area contributed by atoms with Gasteiger partial charge in [0.25, 0.3) is 5.56 Å². The second kappa shape index (κ2) is 4.93. The predicted octanol–water partition coefficient (Wildman–Crippen LogP) is 2.35. The molecule has 98 valence electrons. The summed E-state index contributed by atoms with van der Waals surface area (Å²) in [5, 5.41) is 8.86. The third kappa shape index (κ3) is 2.55. The lowest BCUT2D eigenvalue weighted by molar-refractivity contribution is 0.0693. The zero-order chi connectivity index (χ0) is 14.2. The maximum Gasteiger partial charge on any atom is 0.343 e. The van der Waals surface area contributed by atoms with Crippen molar-refractivity contribution in [1.82, 2.24) is 9.97 Å². The Hall–Kier alpha value is -2.02. The van der Waals surface area contributed by atoms with Gasteiger partial charge in [-0.2, -0.15) is 0 Å². The monoisotopic (exact) mass is 326 g/mol. The van der Waals surface area contributed by atoms with E-state index in [2.05, 4.69) is 25.9 Å². The Morgan fingerprint density at radius 2 is 2.16 bits per heavy atom. The van der Waals surface area contributed by atoms with Gasteiger partial charge in [-0.25, -0.2) is 14.2 Å². The molecule has 0 unspecified atom stereocenters. The van der Waals surface area contributed by atoms with Gasteiger partial charge in [-0.05, 0) is 41.1 Å².